The van der Waals surface area contributed by atoms with Gasteiger partial charge in [-0.1, -0.05) is 127 Å². The molecule has 0 fully saturated rings. The predicted molar refractivity (Wildman–Crippen MR) is 221 cm³/mol. The van der Waals surface area contributed by atoms with Crippen LogP contribution in [-0.2, 0) is 4.57 Å². The molecule has 9 rings (SSSR count). The summed E-state index contributed by atoms with van der Waals surface area (Å²) >= 11 is 0. The molecule has 7 aromatic carbocycles. The molecule has 0 saturated heterocycles. The van der Waals surface area contributed by atoms with Crippen molar-refractivity contribution in [2.75, 3.05) is 9.34 Å². The minimum atomic E-state index is -3.90. The molecule has 9 aromatic rings. The molecular weight excluding hydrogens is 668 g/mol. The molecule has 53 heavy (non-hydrogen) atoms. The molecule has 5 nitrogen and oxygen atoms in total. The van der Waals surface area contributed by atoms with E-state index in [0.29, 0.717) is 5.44 Å². The van der Waals surface area contributed by atoms with Gasteiger partial charge in [0.25, 0.3) is 0 Å². The standard InChI is InChI=1S/C47H35N4OP/c52-53(50(37-20-5-1-6-21-37)38-22-7-2-8-23-38,51(39-24-9-3-10-25-39)40-26-11-4-12-27-40)47-34-18-31-44(48-47)36-19-17-28-41(35-36)49-45-32-15-13-29-42(45)43-30-14-16-33-46(43)49/h1-35H. The monoisotopic (exact) mass is 702 g/mol. The molecule has 0 bridgehead atoms. The Bertz CT molecular complexity index is 2500. The lowest BCUT2D eigenvalue weighted by molar-refractivity contribution is 0.580. The van der Waals surface area contributed by atoms with E-state index in [4.69, 9.17) is 4.98 Å². The number of anilines is 4. The Morgan fingerprint density at radius 2 is 0.830 bits per heavy atom. The summed E-state index contributed by atoms with van der Waals surface area (Å²) in [7, 11) is -3.90. The largest absolute Gasteiger partial charge is 0.319 e. The Kier molecular flexibility index (Phi) is 8.39. The highest BCUT2D eigenvalue weighted by atomic mass is 31.2. The van der Waals surface area contributed by atoms with Crippen LogP contribution in [0.15, 0.2) is 212 Å². The van der Waals surface area contributed by atoms with Gasteiger partial charge in [-0.2, -0.15) is 0 Å². The molecule has 0 spiro atoms. The predicted octanol–water partition coefficient (Wildman–Crippen LogP) is 12.3. The smallest absolute Gasteiger partial charge is 0.309 e. The van der Waals surface area contributed by atoms with E-state index in [0.717, 1.165) is 50.7 Å². The molecule has 0 N–H and O–H groups in total. The van der Waals surface area contributed by atoms with Crippen molar-refractivity contribution >= 4 is 57.4 Å². The van der Waals surface area contributed by atoms with E-state index in [-0.39, 0.29) is 0 Å². The van der Waals surface area contributed by atoms with Gasteiger partial charge < -0.3 is 4.57 Å². The summed E-state index contributed by atoms with van der Waals surface area (Å²) in [5.41, 5.74) is 8.58. The van der Waals surface area contributed by atoms with E-state index < -0.39 is 7.44 Å². The quantitative estimate of drug-likeness (QED) is 0.140. The van der Waals surface area contributed by atoms with Crippen molar-refractivity contribution in [3.8, 4) is 16.9 Å². The van der Waals surface area contributed by atoms with E-state index in [9.17, 15) is 0 Å². The number of hydrogen-bond acceptors (Lipinski definition) is 2. The van der Waals surface area contributed by atoms with Gasteiger partial charge in [-0.25, -0.2) is 4.98 Å². The lowest BCUT2D eigenvalue weighted by atomic mass is 10.1. The summed E-state index contributed by atoms with van der Waals surface area (Å²) in [6.45, 7) is 0. The van der Waals surface area contributed by atoms with Crippen LogP contribution in [0.1, 0.15) is 0 Å². The molecule has 0 radical (unpaired) electrons. The highest BCUT2D eigenvalue weighted by molar-refractivity contribution is 7.75. The normalized spacial score (nSPS) is 11.5. The highest BCUT2D eigenvalue weighted by Gasteiger charge is 2.43. The van der Waals surface area contributed by atoms with Crippen molar-refractivity contribution in [2.45, 2.75) is 0 Å². The number of hydrogen-bond donors (Lipinski definition) is 0. The lowest BCUT2D eigenvalue weighted by Crippen LogP contribution is -2.34. The zero-order valence-electron chi connectivity index (χ0n) is 28.9. The van der Waals surface area contributed by atoms with Crippen molar-refractivity contribution in [1.82, 2.24) is 9.55 Å². The highest BCUT2D eigenvalue weighted by Crippen LogP contribution is 2.62. The van der Waals surface area contributed by atoms with Gasteiger partial charge in [0.1, 0.15) is 5.44 Å². The topological polar surface area (TPSA) is 41.4 Å². The fourth-order valence-corrected chi connectivity index (χ4v) is 10.1. The van der Waals surface area contributed by atoms with Crippen LogP contribution in [0.5, 0.6) is 0 Å². The van der Waals surface area contributed by atoms with Crippen LogP contribution in [0.2, 0.25) is 0 Å². The molecule has 6 heteroatoms. The second kappa shape index (κ2) is 13.8. The lowest BCUT2D eigenvalue weighted by Gasteiger charge is -2.41. The van der Waals surface area contributed by atoms with Crippen LogP contribution in [0.25, 0.3) is 38.8 Å². The second-order valence-electron chi connectivity index (χ2n) is 12.8. The number of nitrogens with zero attached hydrogens (tertiary/aromatic N) is 4. The molecular formula is C47H35N4OP. The average molecular weight is 703 g/mol. The van der Waals surface area contributed by atoms with Gasteiger partial charge >= 0.3 is 7.44 Å². The fourth-order valence-electron chi connectivity index (χ4n) is 7.25. The third-order valence-electron chi connectivity index (χ3n) is 9.56. The van der Waals surface area contributed by atoms with Crippen molar-refractivity contribution in [3.05, 3.63) is 212 Å². The molecule has 254 valence electrons. The number of benzene rings is 7. The maximum Gasteiger partial charge on any atom is 0.319 e. The molecule has 0 aliphatic rings. The summed E-state index contributed by atoms with van der Waals surface area (Å²) in [5, 5.41) is 2.41. The van der Waals surface area contributed by atoms with Gasteiger partial charge in [-0.15, -0.1) is 0 Å². The first-order valence-electron chi connectivity index (χ1n) is 17.7. The van der Waals surface area contributed by atoms with Crippen LogP contribution in [-0.4, -0.2) is 9.55 Å². The zero-order chi connectivity index (χ0) is 35.6. The van der Waals surface area contributed by atoms with E-state index in [1.165, 1.54) is 10.8 Å². The summed E-state index contributed by atoms with van der Waals surface area (Å²) in [6, 6.07) is 71.2. The number of rotatable bonds is 9. The number of fused-ring (bicyclic) bond motifs is 3. The molecule has 0 saturated carbocycles. The van der Waals surface area contributed by atoms with Crippen LogP contribution in [0, 0.1) is 0 Å². The second-order valence-corrected chi connectivity index (χ2v) is 15.2. The van der Waals surface area contributed by atoms with Crippen LogP contribution in [0.4, 0.5) is 22.7 Å². The SMILES string of the molecule is O=P(c1cccc(-c2cccc(-n3c4ccccc4c4ccccc43)c2)n1)(N(c1ccccc1)c1ccccc1)N(c1ccccc1)c1ccccc1. The van der Waals surface area contributed by atoms with Gasteiger partial charge in [-0.3, -0.25) is 13.9 Å². The molecule has 0 aliphatic carbocycles. The number of para-hydroxylation sites is 6. The summed E-state index contributed by atoms with van der Waals surface area (Å²) in [5.74, 6) is 0. The Labute approximate surface area is 309 Å². The third kappa shape index (κ3) is 5.78. The average Bonchev–Trinajstić information content (AvgIpc) is 3.57. The first kappa shape index (κ1) is 32.2. The van der Waals surface area contributed by atoms with Crippen LogP contribution < -0.4 is 14.8 Å². The van der Waals surface area contributed by atoms with Gasteiger partial charge in [-0.05, 0) is 84.9 Å². The molecule has 0 atom stereocenters. The van der Waals surface area contributed by atoms with Crippen molar-refractivity contribution in [1.29, 1.82) is 0 Å². The summed E-state index contributed by atoms with van der Waals surface area (Å²) in [4.78, 5) is 5.35. The third-order valence-corrected chi connectivity index (χ3v) is 12.4. The Morgan fingerprint density at radius 3 is 1.30 bits per heavy atom. The number of aromatic nitrogens is 2. The minimum Gasteiger partial charge on any atom is -0.309 e. The van der Waals surface area contributed by atoms with E-state index in [1.54, 1.807) is 0 Å². The minimum absolute atomic E-state index is 0.456. The van der Waals surface area contributed by atoms with Gasteiger partial charge in [0, 0.05) is 44.8 Å². The number of pyridine rings is 1. The molecule has 0 unspecified atom stereocenters. The molecule has 2 heterocycles. The van der Waals surface area contributed by atoms with Crippen molar-refractivity contribution < 1.29 is 4.57 Å². The maximum absolute atomic E-state index is 16.9. The maximum atomic E-state index is 16.9. The Balaban J connectivity index is 1.28. The fraction of sp³-hybridized carbons (Fsp3) is 0. The van der Waals surface area contributed by atoms with Gasteiger partial charge in [0.15, 0.2) is 0 Å². The molecule has 0 aliphatic heterocycles. The first-order valence-corrected chi connectivity index (χ1v) is 19.3. The van der Waals surface area contributed by atoms with Crippen LogP contribution >= 0.6 is 7.44 Å². The molecule has 2 aromatic heterocycles. The van der Waals surface area contributed by atoms with E-state index >= 15 is 4.57 Å². The van der Waals surface area contributed by atoms with Crippen LogP contribution in [0.3, 0.4) is 0 Å². The Morgan fingerprint density at radius 1 is 0.415 bits per heavy atom. The van der Waals surface area contributed by atoms with Crippen molar-refractivity contribution in [3.63, 3.8) is 0 Å². The van der Waals surface area contributed by atoms with Crippen molar-refractivity contribution in [2.24, 2.45) is 0 Å². The van der Waals surface area contributed by atoms with E-state index in [1.807, 2.05) is 149 Å². The first-order chi connectivity index (χ1) is 26.2. The Hall–Kier alpha value is -6.68. The van der Waals surface area contributed by atoms with Gasteiger partial charge in [0.05, 0.1) is 16.7 Å². The van der Waals surface area contributed by atoms with E-state index in [2.05, 4.69) is 77.4 Å². The summed E-state index contributed by atoms with van der Waals surface area (Å²) < 4.78 is 23.2. The summed E-state index contributed by atoms with van der Waals surface area (Å²) in [6.07, 6.45) is 0. The van der Waals surface area contributed by atoms with Gasteiger partial charge in [0.2, 0.25) is 0 Å². The zero-order valence-corrected chi connectivity index (χ0v) is 29.7. The molecule has 0 amide bonds.